The van der Waals surface area contributed by atoms with Crippen LogP contribution in [0.1, 0.15) is 84.8 Å². The molecule has 55 heteroatoms. The van der Waals surface area contributed by atoms with Crippen LogP contribution in [-0.4, -0.2) is 200 Å². The van der Waals surface area contributed by atoms with Crippen molar-refractivity contribution in [3.8, 4) is 0 Å². The van der Waals surface area contributed by atoms with Crippen molar-refractivity contribution in [2.24, 2.45) is 5.41 Å². The number of thioether (sulfide) groups is 4. The van der Waals surface area contributed by atoms with E-state index in [1.54, 1.807) is 55.5 Å². The number of hydrogen-bond donors (Lipinski definition) is 8. The molecule has 8 aromatic heterocycles. The quantitative estimate of drug-likeness (QED) is 0.0130. The van der Waals surface area contributed by atoms with Crippen LogP contribution in [0.2, 0.25) is 0 Å². The Morgan fingerprint density at radius 2 is 0.676 bits per heavy atom. The molecule has 0 fully saturated rings. The minimum Gasteiger partial charge on any atom is -0.369 e. The molecule has 8 heterocycles. The lowest BCUT2D eigenvalue weighted by molar-refractivity contribution is -0.117. The van der Waals surface area contributed by atoms with E-state index in [0.29, 0.717) is 68.5 Å². The summed E-state index contributed by atoms with van der Waals surface area (Å²) in [5.74, 6) is -0.276. The third kappa shape index (κ3) is 37.0. The molecule has 0 radical (unpaired) electrons. The number of H-pyrrole nitrogens is 4. The summed E-state index contributed by atoms with van der Waals surface area (Å²) < 4.78 is 166. The van der Waals surface area contributed by atoms with Crippen LogP contribution in [0.15, 0.2) is 166 Å². The number of fused-ring (bicyclic) bond motifs is 4. The van der Waals surface area contributed by atoms with Crippen LogP contribution in [0.3, 0.4) is 0 Å². The molecule has 142 heavy (non-hydrogen) atoms. The zero-order valence-electron chi connectivity index (χ0n) is 78.1. The molecule has 0 aliphatic carbocycles. The van der Waals surface area contributed by atoms with Crippen molar-refractivity contribution in [3.63, 3.8) is 0 Å². The van der Waals surface area contributed by atoms with Crippen LogP contribution in [0.25, 0.3) is 44.7 Å². The second-order valence-electron chi connectivity index (χ2n) is 31.4. The molecule has 4 unspecified atom stereocenters. The number of carbonyl (C=O) groups is 4. The van der Waals surface area contributed by atoms with E-state index in [9.17, 15) is 69.8 Å². The smallest absolute Gasteiger partial charge is 0.356 e. The molecule has 0 bridgehead atoms. The number of imidazole rings is 4. The van der Waals surface area contributed by atoms with Gasteiger partial charge in [0.1, 0.15) is 42.8 Å². The molecule has 0 aliphatic rings. The van der Waals surface area contributed by atoms with Crippen LogP contribution < -0.4 is 45.2 Å². The van der Waals surface area contributed by atoms with Crippen LogP contribution in [0.5, 0.6) is 0 Å². The van der Waals surface area contributed by atoms with Gasteiger partial charge in [0.2, 0.25) is 28.9 Å². The molecule has 5 aromatic carbocycles. The van der Waals surface area contributed by atoms with Gasteiger partial charge in [0, 0.05) is 73.5 Å². The lowest BCUT2D eigenvalue weighted by atomic mass is 10.00. The Morgan fingerprint density at radius 1 is 0.387 bits per heavy atom. The maximum Gasteiger partial charge on any atom is 0.356 e. The van der Waals surface area contributed by atoms with E-state index in [2.05, 4.69) is 59.8 Å². The number of nitrogens with zero attached hydrogens (tertiary/aromatic N) is 12. The Labute approximate surface area is 826 Å². The van der Waals surface area contributed by atoms with Gasteiger partial charge in [-0.15, -0.1) is 0 Å². The number of anilines is 4. The average molecular weight is 2130 g/mol. The average Bonchev–Trinajstić information content (AvgIpc) is 1.67. The molecular weight excluding hydrogens is 2020 g/mol. The monoisotopic (exact) mass is 2120 g/mol. The number of aromatic amines is 4. The number of nitrogen functional groups attached to an aromatic ring is 4. The van der Waals surface area contributed by atoms with Gasteiger partial charge in [-0.2, -0.15) is 19.9 Å². The standard InChI is InChI=1S/C26H30N5O6PS.C22H29FN5O6PS.C20H25FN5O6PS.C19H23FN5O6PS/c1-18-3-7-20(8-4-18)15-37-38(34,36-13-14-39-25(33)21-9-5-19(2)6-10-21)17-35-12-11-31-16-28-22-23(31)29-26(27)30-24(22)32;1-22(2,3)20(30)36-10-9-33-35(31,34-12-15-5-4-6-16(23)11-15)14-32-8-7-28-13-25-17-18(28)26-21(24)27-19(17)29;1-2-16(27)34-9-8-31-33(29,32-11-14-4-3-5-15(21)10-14)13-30-7-6-26-12-23-17-18(26)24-20(22)25-19(17)28;1-13(26)33-8-7-30-32(28,31-10-14-3-2-4-15(20)9-14)12-29-6-5-25-11-22-16-17(25)23-19(21)24-18(16)27/h3-10,16H,11-15,17H2,1-2H3,(H3,27,29,30,32);4-6,11,13H,7-10,12,14H2,1-3H3,(H3,24,26,27,29);3-5,10,12H,2,6-9,11,13H2,1H3,(H3,22,24,25,28);2-4,9,11H,5-8,10,12H2,1H3,(H3,21,23,24,27). The largest absolute Gasteiger partial charge is 0.369 e. The maximum atomic E-state index is 13.5. The molecule has 0 amide bonds. The van der Waals surface area contributed by atoms with E-state index < -0.39 is 75.5 Å². The zero-order chi connectivity index (χ0) is 103. The minimum absolute atomic E-state index is 0.00370. The summed E-state index contributed by atoms with van der Waals surface area (Å²) in [6, 6.07) is 32.1. The summed E-state index contributed by atoms with van der Waals surface area (Å²) >= 11 is 4.28. The first-order valence-corrected chi connectivity index (χ1v) is 54.2. The van der Waals surface area contributed by atoms with E-state index in [1.807, 2.05) is 71.0 Å². The highest BCUT2D eigenvalue weighted by molar-refractivity contribution is 8.14. The number of nitrogens with two attached hydrogens (primary N) is 4. The number of hydrogen-bond acceptors (Lipinski definition) is 40. The summed E-state index contributed by atoms with van der Waals surface area (Å²) in [6.45, 7) is 13.6. The van der Waals surface area contributed by atoms with E-state index in [4.69, 9.17) is 78.1 Å². The second-order valence-corrected chi connectivity index (χ2v) is 44.0. The lowest BCUT2D eigenvalue weighted by Crippen LogP contribution is -2.17. The number of benzene rings is 5. The van der Waals surface area contributed by atoms with Crippen molar-refractivity contribution < 1.29 is 106 Å². The summed E-state index contributed by atoms with van der Waals surface area (Å²) in [5.41, 5.74) is 26.9. The highest BCUT2D eigenvalue weighted by Crippen LogP contribution is 2.52. The van der Waals surface area contributed by atoms with Crippen LogP contribution >= 0.6 is 77.4 Å². The molecule has 13 aromatic rings. The Hall–Kier alpha value is -11.0. The van der Waals surface area contributed by atoms with Crippen LogP contribution in [-0.2, 0) is 140 Å². The van der Waals surface area contributed by atoms with Gasteiger partial charge in [-0.05, 0) is 72.5 Å². The highest BCUT2D eigenvalue weighted by atomic mass is 32.2. The van der Waals surface area contributed by atoms with Gasteiger partial charge in [0.25, 0.3) is 22.2 Å². The number of rotatable bonds is 50. The fourth-order valence-corrected chi connectivity index (χ4v) is 20.2. The normalized spacial score (nSPS) is 13.3. The van der Waals surface area contributed by atoms with Gasteiger partial charge in [0.15, 0.2) is 60.0 Å². The van der Waals surface area contributed by atoms with E-state index >= 15 is 0 Å². The van der Waals surface area contributed by atoms with Crippen molar-refractivity contribution in [3.05, 3.63) is 244 Å². The third-order valence-electron chi connectivity index (χ3n) is 19.1. The highest BCUT2D eigenvalue weighted by Gasteiger charge is 2.32. The topological polar surface area (TPSA) is 606 Å². The summed E-state index contributed by atoms with van der Waals surface area (Å²) in [5, 5.41) is -0.202. The van der Waals surface area contributed by atoms with E-state index in [0.717, 1.165) is 63.7 Å². The van der Waals surface area contributed by atoms with Crippen LogP contribution in [0.4, 0.5) is 37.0 Å². The molecule has 0 aliphatic heterocycles. The van der Waals surface area contributed by atoms with Crippen molar-refractivity contribution in [1.29, 1.82) is 0 Å². The van der Waals surface area contributed by atoms with E-state index in [-0.39, 0.29) is 203 Å². The molecule has 12 N–H and O–H groups in total. The summed E-state index contributed by atoms with van der Waals surface area (Å²) in [6.07, 6.45) is 4.72. The third-order valence-corrected chi connectivity index (χ3v) is 29.3. The second kappa shape index (κ2) is 55.2. The SMILES string of the molecule is CC(=O)SCCOP(=O)(COCCn1cnc2c(=O)[nH]c(N)nc21)OCc1cccc(F)c1.CC(C)(C)C(=O)SCCOP(=O)(COCCn1cnc2c(=O)[nH]c(N)nc21)OCc1cccc(F)c1.CCC(=O)SCCOP(=O)(COCCn1cnc2c(=O)[nH]c(N)nc21)OCc1cccc(F)c1.Cc1ccc(COP(=O)(COCCn2cnc3c(=O)[nH]c(N)nc32)OCCSC(=O)c2ccc(C)cc2)cc1. The van der Waals surface area contributed by atoms with Gasteiger partial charge in [-0.25, -0.2) is 33.1 Å². The Bertz CT molecular complexity index is 6900. The van der Waals surface area contributed by atoms with Crippen molar-refractivity contribution >= 4 is 166 Å². The van der Waals surface area contributed by atoms with Gasteiger partial charge >= 0.3 is 30.4 Å². The fourth-order valence-electron chi connectivity index (χ4n) is 12.0. The zero-order valence-corrected chi connectivity index (χ0v) is 84.9. The van der Waals surface area contributed by atoms with Crippen molar-refractivity contribution in [1.82, 2.24) is 78.1 Å². The minimum atomic E-state index is -3.76. The molecular formula is C87H107F3N20O24P4S4. The molecule has 0 saturated heterocycles. The maximum absolute atomic E-state index is 13.5. The summed E-state index contributed by atoms with van der Waals surface area (Å²) in [7, 11) is -14.9. The first-order valence-electron chi connectivity index (χ1n) is 43.4. The molecule has 44 nitrogen and oxygen atoms in total. The molecule has 4 atom stereocenters. The number of nitrogens with one attached hydrogen (secondary N) is 4. The number of ether oxygens (including phenoxy) is 4. The molecule has 764 valence electrons. The fraction of sp³-hybridized carbons (Fsp3) is 0.379. The number of aromatic nitrogens is 16. The predicted octanol–water partition coefficient (Wildman–Crippen LogP) is 13.3. The Kier molecular flexibility index (Phi) is 43.9. The lowest BCUT2D eigenvalue weighted by Gasteiger charge is -2.20. The molecule has 13 rings (SSSR count). The van der Waals surface area contributed by atoms with E-state index in [1.165, 1.54) is 86.8 Å². The number of carbonyl (C=O) groups excluding carboxylic acids is 4. The first kappa shape index (κ1) is 113. The van der Waals surface area contributed by atoms with Crippen molar-refractivity contribution in [2.75, 3.05) is 124 Å². The number of aryl methyl sites for hydroxylation is 2. The van der Waals surface area contributed by atoms with Gasteiger partial charge < -0.3 is 96.3 Å². The molecule has 0 spiro atoms. The van der Waals surface area contributed by atoms with Crippen LogP contribution in [0, 0.1) is 36.7 Å². The van der Waals surface area contributed by atoms with Crippen molar-refractivity contribution in [2.45, 2.75) is 107 Å². The van der Waals surface area contributed by atoms with Gasteiger partial charge in [0.05, 0.1) is 105 Å². The predicted molar refractivity (Wildman–Crippen MR) is 533 cm³/mol. The van der Waals surface area contributed by atoms with Gasteiger partial charge in [-0.1, -0.05) is 171 Å². The Morgan fingerprint density at radius 3 is 0.972 bits per heavy atom. The number of halogens is 3. The first-order chi connectivity index (χ1) is 67.7. The molecule has 0 saturated carbocycles. The summed E-state index contributed by atoms with van der Waals surface area (Å²) in [4.78, 5) is 137. The Balaban J connectivity index is 0.000000195. The van der Waals surface area contributed by atoms with Gasteiger partial charge in [-0.3, -0.25) is 76.6 Å².